The number of carboxylic acids is 1. The van der Waals surface area contributed by atoms with Gasteiger partial charge in [-0.1, -0.05) is 35.9 Å². The van der Waals surface area contributed by atoms with Crippen LogP contribution in [-0.2, 0) is 4.79 Å². The van der Waals surface area contributed by atoms with Crippen molar-refractivity contribution in [1.82, 2.24) is 0 Å². The Hall–Kier alpha value is -2.37. The molecule has 0 saturated carbocycles. The second-order valence-electron chi connectivity index (χ2n) is 5.09. The molecule has 0 fully saturated rings. The third-order valence-electron chi connectivity index (χ3n) is 3.45. The van der Waals surface area contributed by atoms with E-state index in [2.05, 4.69) is 5.32 Å². The van der Waals surface area contributed by atoms with Crippen molar-refractivity contribution >= 4 is 29.2 Å². The zero-order valence-corrected chi connectivity index (χ0v) is 13.1. The SMILES string of the molecule is NC[C@H](CC(=O)O)c1ccc(Cl)c(NC(=O)c2ccccc2)c1. The minimum Gasteiger partial charge on any atom is -0.481 e. The van der Waals surface area contributed by atoms with E-state index >= 15 is 0 Å². The second kappa shape index (κ2) is 7.76. The normalized spacial score (nSPS) is 11.7. The molecule has 0 aromatic heterocycles. The summed E-state index contributed by atoms with van der Waals surface area (Å²) < 4.78 is 0. The fourth-order valence-electron chi connectivity index (χ4n) is 2.22. The number of nitrogens with one attached hydrogen (secondary N) is 1. The number of benzene rings is 2. The van der Waals surface area contributed by atoms with Gasteiger partial charge in [-0.15, -0.1) is 0 Å². The largest absolute Gasteiger partial charge is 0.481 e. The zero-order valence-electron chi connectivity index (χ0n) is 12.3. The molecule has 0 saturated heterocycles. The Labute approximate surface area is 139 Å². The number of amides is 1. The number of hydrogen-bond donors (Lipinski definition) is 3. The van der Waals surface area contributed by atoms with Crippen LogP contribution in [0.3, 0.4) is 0 Å². The highest BCUT2D eigenvalue weighted by molar-refractivity contribution is 6.34. The van der Waals surface area contributed by atoms with Gasteiger partial charge >= 0.3 is 5.97 Å². The Morgan fingerprint density at radius 3 is 2.48 bits per heavy atom. The van der Waals surface area contributed by atoms with Crippen molar-refractivity contribution < 1.29 is 14.7 Å². The summed E-state index contributed by atoms with van der Waals surface area (Å²) in [6.07, 6.45) is -0.0792. The predicted octanol–water partition coefficient (Wildman–Crippen LogP) is 3.11. The topological polar surface area (TPSA) is 92.4 Å². The standard InChI is InChI=1S/C17H17ClN2O3/c18-14-7-6-12(13(10-19)9-16(21)22)8-15(14)20-17(23)11-4-2-1-3-5-11/h1-8,13H,9-10,19H2,(H,20,23)(H,21,22)/t13-/m0/s1. The molecule has 0 bridgehead atoms. The summed E-state index contributed by atoms with van der Waals surface area (Å²) in [4.78, 5) is 23.1. The van der Waals surface area contributed by atoms with Crippen LogP contribution in [0.5, 0.6) is 0 Å². The first-order valence-electron chi connectivity index (χ1n) is 7.09. The third-order valence-corrected chi connectivity index (χ3v) is 3.78. The Bertz CT molecular complexity index is 704. The van der Waals surface area contributed by atoms with Gasteiger partial charge in [-0.3, -0.25) is 9.59 Å². The molecule has 0 spiro atoms. The van der Waals surface area contributed by atoms with Gasteiger partial charge in [-0.05, 0) is 36.4 Å². The summed E-state index contributed by atoms with van der Waals surface area (Å²) in [6, 6.07) is 13.8. The molecular weight excluding hydrogens is 316 g/mol. The van der Waals surface area contributed by atoms with Gasteiger partial charge in [-0.2, -0.15) is 0 Å². The van der Waals surface area contributed by atoms with Gasteiger partial charge in [0.25, 0.3) is 5.91 Å². The maximum atomic E-state index is 12.2. The van der Waals surface area contributed by atoms with E-state index in [9.17, 15) is 9.59 Å². The summed E-state index contributed by atoms with van der Waals surface area (Å²) in [7, 11) is 0. The lowest BCUT2D eigenvalue weighted by atomic mass is 9.95. The Morgan fingerprint density at radius 1 is 1.17 bits per heavy atom. The Morgan fingerprint density at radius 2 is 1.87 bits per heavy atom. The van der Waals surface area contributed by atoms with Gasteiger partial charge < -0.3 is 16.2 Å². The minimum atomic E-state index is -0.926. The van der Waals surface area contributed by atoms with E-state index in [1.807, 2.05) is 6.07 Å². The van der Waals surface area contributed by atoms with E-state index in [0.29, 0.717) is 16.3 Å². The van der Waals surface area contributed by atoms with Crippen molar-refractivity contribution in [2.45, 2.75) is 12.3 Å². The molecule has 120 valence electrons. The molecule has 0 unspecified atom stereocenters. The van der Waals surface area contributed by atoms with Crippen LogP contribution >= 0.6 is 11.6 Å². The minimum absolute atomic E-state index is 0.0792. The van der Waals surface area contributed by atoms with Gasteiger partial charge in [0, 0.05) is 11.5 Å². The van der Waals surface area contributed by atoms with Crippen LogP contribution in [0.2, 0.25) is 5.02 Å². The van der Waals surface area contributed by atoms with Crippen molar-refractivity contribution in [1.29, 1.82) is 0 Å². The van der Waals surface area contributed by atoms with Crippen LogP contribution in [0.1, 0.15) is 28.3 Å². The first kappa shape index (κ1) is 17.0. The Kier molecular flexibility index (Phi) is 5.73. The van der Waals surface area contributed by atoms with Crippen LogP contribution in [-0.4, -0.2) is 23.5 Å². The molecule has 2 aromatic rings. The van der Waals surface area contributed by atoms with Crippen molar-refractivity contribution in [3.63, 3.8) is 0 Å². The number of rotatable bonds is 6. The van der Waals surface area contributed by atoms with Gasteiger partial charge in [0.15, 0.2) is 0 Å². The van der Waals surface area contributed by atoms with Gasteiger partial charge in [0.2, 0.25) is 0 Å². The maximum absolute atomic E-state index is 12.2. The van der Waals surface area contributed by atoms with E-state index in [1.54, 1.807) is 42.5 Å². The van der Waals surface area contributed by atoms with Gasteiger partial charge in [0.05, 0.1) is 17.1 Å². The van der Waals surface area contributed by atoms with E-state index in [4.69, 9.17) is 22.4 Å². The molecular formula is C17H17ClN2O3. The highest BCUT2D eigenvalue weighted by atomic mass is 35.5. The molecule has 2 rings (SSSR count). The number of anilines is 1. The highest BCUT2D eigenvalue weighted by Crippen LogP contribution is 2.28. The number of carbonyl (C=O) groups is 2. The number of carboxylic acid groups (broad SMARTS) is 1. The van der Waals surface area contributed by atoms with Crippen molar-refractivity contribution in [3.8, 4) is 0 Å². The molecule has 2 aromatic carbocycles. The monoisotopic (exact) mass is 332 g/mol. The fraction of sp³-hybridized carbons (Fsp3) is 0.176. The number of carbonyl (C=O) groups excluding carboxylic acids is 1. The molecule has 0 aliphatic rings. The average Bonchev–Trinajstić information content (AvgIpc) is 2.55. The molecule has 4 N–H and O–H groups in total. The molecule has 0 aliphatic carbocycles. The van der Waals surface area contributed by atoms with Crippen molar-refractivity contribution in [2.24, 2.45) is 5.73 Å². The fourth-order valence-corrected chi connectivity index (χ4v) is 2.39. The van der Waals surface area contributed by atoms with E-state index < -0.39 is 5.97 Å². The lowest BCUT2D eigenvalue weighted by Gasteiger charge is -2.15. The van der Waals surface area contributed by atoms with E-state index in [-0.39, 0.29) is 24.8 Å². The number of nitrogens with two attached hydrogens (primary N) is 1. The van der Waals surface area contributed by atoms with Crippen molar-refractivity contribution in [2.75, 3.05) is 11.9 Å². The summed E-state index contributed by atoms with van der Waals surface area (Å²) in [5.41, 5.74) is 7.32. The van der Waals surface area contributed by atoms with Crippen molar-refractivity contribution in [3.05, 3.63) is 64.7 Å². The molecule has 6 heteroatoms. The van der Waals surface area contributed by atoms with Gasteiger partial charge in [0.1, 0.15) is 0 Å². The van der Waals surface area contributed by atoms with Crippen LogP contribution in [0.15, 0.2) is 48.5 Å². The summed E-state index contributed by atoms with van der Waals surface area (Å²) in [5, 5.41) is 12.1. The van der Waals surface area contributed by atoms with E-state index in [1.165, 1.54) is 0 Å². The number of hydrogen-bond acceptors (Lipinski definition) is 3. The first-order valence-corrected chi connectivity index (χ1v) is 7.46. The summed E-state index contributed by atoms with van der Waals surface area (Å²) >= 11 is 6.12. The van der Waals surface area contributed by atoms with Gasteiger partial charge in [-0.25, -0.2) is 0 Å². The first-order chi connectivity index (χ1) is 11.0. The highest BCUT2D eigenvalue weighted by Gasteiger charge is 2.16. The van der Waals surface area contributed by atoms with Crippen LogP contribution in [0.25, 0.3) is 0 Å². The maximum Gasteiger partial charge on any atom is 0.304 e. The lowest BCUT2D eigenvalue weighted by molar-refractivity contribution is -0.137. The molecule has 1 amide bonds. The zero-order chi connectivity index (χ0) is 16.8. The molecule has 0 radical (unpaired) electrons. The Balaban J connectivity index is 2.23. The lowest BCUT2D eigenvalue weighted by Crippen LogP contribution is -2.17. The summed E-state index contributed by atoms with van der Waals surface area (Å²) in [5.74, 6) is -1.55. The molecule has 5 nitrogen and oxygen atoms in total. The quantitative estimate of drug-likeness (QED) is 0.757. The predicted molar refractivity (Wildman–Crippen MR) is 89.9 cm³/mol. The molecule has 1 atom stereocenters. The second-order valence-corrected chi connectivity index (χ2v) is 5.50. The summed E-state index contributed by atoms with van der Waals surface area (Å²) in [6.45, 7) is 0.194. The molecule has 23 heavy (non-hydrogen) atoms. The number of halogens is 1. The number of aliphatic carboxylic acids is 1. The average molecular weight is 333 g/mol. The van der Waals surface area contributed by atoms with E-state index in [0.717, 1.165) is 5.56 Å². The van der Waals surface area contributed by atoms with Crippen LogP contribution in [0.4, 0.5) is 5.69 Å². The van der Waals surface area contributed by atoms with Crippen LogP contribution < -0.4 is 11.1 Å². The third kappa shape index (κ3) is 4.55. The smallest absolute Gasteiger partial charge is 0.304 e. The molecule has 0 aliphatic heterocycles. The molecule has 0 heterocycles. The van der Waals surface area contributed by atoms with Crippen LogP contribution in [0, 0.1) is 0 Å².